The summed E-state index contributed by atoms with van der Waals surface area (Å²) in [5.41, 5.74) is 12.1. The molecule has 48 heavy (non-hydrogen) atoms. The molecule has 4 heteroatoms. The van der Waals surface area contributed by atoms with E-state index in [0.717, 1.165) is 66.5 Å². The zero-order valence-electron chi connectivity index (χ0n) is 25.8. The lowest BCUT2D eigenvalue weighted by Crippen LogP contribution is -1.95. The molecule has 0 amide bonds. The topological polar surface area (TPSA) is 57.4 Å². The number of para-hydroxylation sites is 2. The van der Waals surface area contributed by atoms with Crippen molar-refractivity contribution in [2.75, 3.05) is 0 Å². The molecule has 4 nitrogen and oxygen atoms in total. The molecule has 0 saturated heterocycles. The molecule has 7 aromatic carbocycles. The zero-order valence-corrected chi connectivity index (χ0v) is 25.8. The predicted molar refractivity (Wildman–Crippen MR) is 195 cm³/mol. The van der Waals surface area contributed by atoms with Crippen LogP contribution in [0.15, 0.2) is 158 Å². The molecule has 9 rings (SSSR count). The Bertz CT molecular complexity index is 2820. The van der Waals surface area contributed by atoms with Crippen molar-refractivity contribution in [2.24, 2.45) is 0 Å². The lowest BCUT2D eigenvalue weighted by atomic mass is 10.00. The van der Waals surface area contributed by atoms with Crippen LogP contribution in [0.4, 0.5) is 0 Å². The highest BCUT2D eigenvalue weighted by molar-refractivity contribution is 6.11. The van der Waals surface area contributed by atoms with Crippen LogP contribution in [0.25, 0.3) is 77.2 Å². The third-order valence-electron chi connectivity index (χ3n) is 9.37. The van der Waals surface area contributed by atoms with E-state index in [0.29, 0.717) is 11.1 Å². The van der Waals surface area contributed by atoms with E-state index in [1.165, 1.54) is 10.8 Å². The number of aromatic nitrogens is 2. The summed E-state index contributed by atoms with van der Waals surface area (Å²) in [5, 5.41) is 23.9. The first-order chi connectivity index (χ1) is 23.7. The fraction of sp³-hybridized carbons (Fsp3) is 0. The maximum Gasteiger partial charge on any atom is 0.0998 e. The van der Waals surface area contributed by atoms with Crippen LogP contribution >= 0.6 is 0 Å². The number of benzene rings is 7. The summed E-state index contributed by atoms with van der Waals surface area (Å²) in [6.07, 6.45) is 0. The van der Waals surface area contributed by atoms with Crippen molar-refractivity contribution in [3.63, 3.8) is 0 Å². The molecule has 0 radical (unpaired) electrons. The highest BCUT2D eigenvalue weighted by Crippen LogP contribution is 2.38. The van der Waals surface area contributed by atoms with E-state index >= 15 is 0 Å². The van der Waals surface area contributed by atoms with Gasteiger partial charge in [0.2, 0.25) is 0 Å². The second-order valence-corrected chi connectivity index (χ2v) is 12.0. The lowest BCUT2D eigenvalue weighted by molar-refractivity contribution is 1.18. The first-order valence-corrected chi connectivity index (χ1v) is 15.9. The molecule has 2 aromatic heterocycles. The predicted octanol–water partition coefficient (Wildman–Crippen LogP) is 11.0. The Morgan fingerprint density at radius 2 is 0.917 bits per heavy atom. The van der Waals surface area contributed by atoms with Crippen LogP contribution in [0.2, 0.25) is 0 Å². The van der Waals surface area contributed by atoms with Gasteiger partial charge in [0, 0.05) is 32.9 Å². The largest absolute Gasteiger partial charge is 0.309 e. The standard InChI is InChI=1S/C44H26N4/c45-27-29-19-21-43-39(23-29)37-15-3-5-17-41(37)47(43)34-12-7-10-30(24-34)31-20-22-44-40(26-31)38-16-4-6-18-42(38)48(44)35-13-8-11-32(25-35)36-14-2-1-9-33(36)28-46/h1-26H. The molecule has 0 unspecified atom stereocenters. The molecule has 0 aliphatic heterocycles. The quantitative estimate of drug-likeness (QED) is 0.199. The molecule has 0 spiro atoms. The Balaban J connectivity index is 1.20. The molecule has 0 aliphatic carbocycles. The first kappa shape index (κ1) is 27.4. The highest BCUT2D eigenvalue weighted by Gasteiger charge is 2.16. The van der Waals surface area contributed by atoms with Crippen molar-refractivity contribution in [1.82, 2.24) is 9.13 Å². The first-order valence-electron chi connectivity index (χ1n) is 15.9. The third kappa shape index (κ3) is 4.22. The number of nitriles is 2. The average Bonchev–Trinajstić information content (AvgIpc) is 3.67. The van der Waals surface area contributed by atoms with Crippen LogP contribution in [0, 0.1) is 22.7 Å². The van der Waals surface area contributed by atoms with Crippen LogP contribution < -0.4 is 0 Å². The van der Waals surface area contributed by atoms with Gasteiger partial charge < -0.3 is 9.13 Å². The minimum absolute atomic E-state index is 0.658. The number of fused-ring (bicyclic) bond motifs is 6. The molecule has 0 fully saturated rings. The minimum atomic E-state index is 0.658. The van der Waals surface area contributed by atoms with E-state index in [4.69, 9.17) is 0 Å². The molecular weight excluding hydrogens is 585 g/mol. The summed E-state index contributed by atoms with van der Waals surface area (Å²) >= 11 is 0. The van der Waals surface area contributed by atoms with Crippen LogP contribution in [0.3, 0.4) is 0 Å². The van der Waals surface area contributed by atoms with E-state index in [9.17, 15) is 10.5 Å². The Morgan fingerprint density at radius 1 is 0.375 bits per heavy atom. The van der Waals surface area contributed by atoms with Gasteiger partial charge in [0.1, 0.15) is 0 Å². The molecule has 0 aliphatic rings. The van der Waals surface area contributed by atoms with Gasteiger partial charge in [-0.1, -0.05) is 84.9 Å². The molecule has 2 heterocycles. The zero-order chi connectivity index (χ0) is 32.2. The number of rotatable bonds is 4. The van der Waals surface area contributed by atoms with Gasteiger partial charge >= 0.3 is 0 Å². The van der Waals surface area contributed by atoms with E-state index in [-0.39, 0.29) is 0 Å². The Hall–Kier alpha value is -6.88. The monoisotopic (exact) mass is 610 g/mol. The molecule has 222 valence electrons. The average molecular weight is 611 g/mol. The fourth-order valence-corrected chi connectivity index (χ4v) is 7.22. The third-order valence-corrected chi connectivity index (χ3v) is 9.37. The number of hydrogen-bond acceptors (Lipinski definition) is 2. The summed E-state index contributed by atoms with van der Waals surface area (Å²) in [7, 11) is 0. The molecule has 0 atom stereocenters. The fourth-order valence-electron chi connectivity index (χ4n) is 7.22. The van der Waals surface area contributed by atoms with E-state index in [1.54, 1.807) is 0 Å². The summed E-state index contributed by atoms with van der Waals surface area (Å²) in [5.74, 6) is 0. The summed E-state index contributed by atoms with van der Waals surface area (Å²) in [6.45, 7) is 0. The van der Waals surface area contributed by atoms with Gasteiger partial charge in [0.15, 0.2) is 0 Å². The van der Waals surface area contributed by atoms with Crippen molar-refractivity contribution in [2.45, 2.75) is 0 Å². The van der Waals surface area contributed by atoms with Gasteiger partial charge in [0.25, 0.3) is 0 Å². The summed E-state index contributed by atoms with van der Waals surface area (Å²) in [4.78, 5) is 0. The van der Waals surface area contributed by atoms with Gasteiger partial charge in [-0.25, -0.2) is 0 Å². The Kier molecular flexibility index (Phi) is 6.22. The van der Waals surface area contributed by atoms with E-state index < -0.39 is 0 Å². The molecule has 0 bridgehead atoms. The van der Waals surface area contributed by atoms with Crippen molar-refractivity contribution >= 4 is 43.6 Å². The van der Waals surface area contributed by atoms with Gasteiger partial charge in [-0.15, -0.1) is 0 Å². The molecule has 0 saturated carbocycles. The van der Waals surface area contributed by atoms with Crippen molar-refractivity contribution < 1.29 is 0 Å². The van der Waals surface area contributed by atoms with Crippen LogP contribution in [0.1, 0.15) is 11.1 Å². The van der Waals surface area contributed by atoms with Crippen LogP contribution in [0.5, 0.6) is 0 Å². The number of nitrogens with zero attached hydrogens (tertiary/aromatic N) is 4. The smallest absolute Gasteiger partial charge is 0.0998 e. The highest BCUT2D eigenvalue weighted by atomic mass is 15.0. The SMILES string of the molecule is N#Cc1ccc2c(c1)c1ccccc1n2-c1cccc(-c2ccc3c(c2)c2ccccc2n3-c2cccc(-c3ccccc3C#N)c2)c1. The van der Waals surface area contributed by atoms with E-state index in [2.05, 4.69) is 143 Å². The summed E-state index contributed by atoms with van der Waals surface area (Å²) < 4.78 is 4.61. The molecule has 9 aromatic rings. The van der Waals surface area contributed by atoms with Crippen molar-refractivity contribution in [3.8, 4) is 45.8 Å². The summed E-state index contributed by atoms with van der Waals surface area (Å²) in [6, 6.07) is 59.1. The van der Waals surface area contributed by atoms with Crippen molar-refractivity contribution in [1.29, 1.82) is 10.5 Å². The van der Waals surface area contributed by atoms with Gasteiger partial charge in [-0.05, 0) is 95.1 Å². The molecular formula is C44H26N4. The lowest BCUT2D eigenvalue weighted by Gasteiger charge is -2.12. The van der Waals surface area contributed by atoms with Gasteiger partial charge in [0.05, 0.1) is 45.3 Å². The van der Waals surface area contributed by atoms with Crippen LogP contribution in [-0.2, 0) is 0 Å². The van der Waals surface area contributed by atoms with Crippen LogP contribution in [-0.4, -0.2) is 9.13 Å². The Morgan fingerprint density at radius 3 is 1.60 bits per heavy atom. The maximum atomic E-state index is 9.75. The maximum absolute atomic E-state index is 9.75. The van der Waals surface area contributed by atoms with E-state index in [1.807, 2.05) is 36.4 Å². The Labute approximate surface area is 277 Å². The van der Waals surface area contributed by atoms with Gasteiger partial charge in [-0.2, -0.15) is 10.5 Å². The van der Waals surface area contributed by atoms with Gasteiger partial charge in [-0.3, -0.25) is 0 Å². The minimum Gasteiger partial charge on any atom is -0.309 e. The molecule has 0 N–H and O–H groups in total. The van der Waals surface area contributed by atoms with Crippen molar-refractivity contribution in [3.05, 3.63) is 169 Å². The second-order valence-electron chi connectivity index (χ2n) is 12.0. The normalized spacial score (nSPS) is 11.3. The second kappa shape index (κ2) is 10.9. The number of hydrogen-bond donors (Lipinski definition) is 0.